The first-order valence-corrected chi connectivity index (χ1v) is 13.2. The van der Waals surface area contributed by atoms with Crippen LogP contribution in [0.1, 0.15) is 28.2 Å². The summed E-state index contributed by atoms with van der Waals surface area (Å²) in [7, 11) is 3.73. The zero-order valence-electron chi connectivity index (χ0n) is 22.7. The van der Waals surface area contributed by atoms with Crippen LogP contribution < -0.4 is 0 Å². The van der Waals surface area contributed by atoms with Crippen LogP contribution in [0.3, 0.4) is 0 Å². The average Bonchev–Trinajstić information content (AvgIpc) is 3.55. The summed E-state index contributed by atoms with van der Waals surface area (Å²) in [6.07, 6.45) is 0. The third-order valence-corrected chi connectivity index (χ3v) is 7.56. The first kappa shape index (κ1) is 25.6. The molecule has 0 saturated heterocycles. The van der Waals surface area contributed by atoms with E-state index in [1.807, 2.05) is 145 Å². The lowest BCUT2D eigenvalue weighted by molar-refractivity contribution is 0.696. The number of rotatable bonds is 6. The minimum absolute atomic E-state index is 0.382. The Hall–Kier alpha value is -5.72. The molecule has 0 unspecified atom stereocenters. The van der Waals surface area contributed by atoms with Crippen molar-refractivity contribution in [1.29, 1.82) is 5.26 Å². The Kier molecular flexibility index (Phi) is 6.51. The number of nitrogens with zero attached hydrogens (tertiary/aromatic N) is 6. The Morgan fingerprint density at radius 3 is 1.49 bits per heavy atom. The molecule has 6 heteroatoms. The zero-order chi connectivity index (χ0) is 28.4. The minimum atomic E-state index is -1.16. The van der Waals surface area contributed by atoms with Gasteiger partial charge in [0.1, 0.15) is 17.6 Å². The Morgan fingerprint density at radius 1 is 0.634 bits per heavy atom. The average molecular weight is 531 g/mol. The van der Waals surface area contributed by atoms with E-state index in [0.717, 1.165) is 22.3 Å². The van der Waals surface area contributed by atoms with E-state index in [9.17, 15) is 5.26 Å². The van der Waals surface area contributed by atoms with E-state index in [1.165, 1.54) is 0 Å². The van der Waals surface area contributed by atoms with Crippen molar-refractivity contribution in [1.82, 2.24) is 19.1 Å². The predicted octanol–water partition coefficient (Wildman–Crippen LogP) is 7.29. The Morgan fingerprint density at radius 2 is 1.05 bits per heavy atom. The fraction of sp³-hybridized carbons (Fsp3) is 0.0857. The molecule has 0 aliphatic rings. The third-order valence-electron chi connectivity index (χ3n) is 7.56. The molecule has 0 atom stereocenters. The van der Waals surface area contributed by atoms with Gasteiger partial charge in [0.15, 0.2) is 0 Å². The molecule has 0 fully saturated rings. The number of hydrogen-bond acceptors (Lipinski definition) is 3. The molecule has 0 spiro atoms. The lowest BCUT2D eigenvalue weighted by Crippen LogP contribution is -2.33. The summed E-state index contributed by atoms with van der Waals surface area (Å²) in [5.74, 6) is 1.71. The van der Waals surface area contributed by atoms with Crippen LogP contribution in [0, 0.1) is 17.9 Å². The van der Waals surface area contributed by atoms with E-state index in [-0.39, 0.29) is 0 Å². The van der Waals surface area contributed by atoms with Gasteiger partial charge < -0.3 is 9.41 Å². The van der Waals surface area contributed by atoms with Gasteiger partial charge in [0.05, 0.1) is 23.9 Å². The molecule has 2 heterocycles. The third kappa shape index (κ3) is 4.02. The second-order valence-electron chi connectivity index (χ2n) is 9.80. The van der Waals surface area contributed by atoms with E-state index in [0.29, 0.717) is 34.5 Å². The molecular weight excluding hydrogens is 504 g/mol. The smallest absolute Gasteiger partial charge is 0.254 e. The molecule has 196 valence electrons. The number of aromatic nitrogens is 4. The first-order valence-electron chi connectivity index (χ1n) is 13.2. The van der Waals surface area contributed by atoms with Gasteiger partial charge in [0.25, 0.3) is 5.82 Å². The van der Waals surface area contributed by atoms with Gasteiger partial charge in [0, 0.05) is 18.2 Å². The number of hydrogen-bond donors (Lipinski definition) is 0. The lowest BCUT2D eigenvalue weighted by atomic mass is 9.68. The van der Waals surface area contributed by atoms with Gasteiger partial charge in [-0.1, -0.05) is 116 Å². The van der Waals surface area contributed by atoms with Crippen molar-refractivity contribution in [3.05, 3.63) is 161 Å². The highest BCUT2D eigenvalue weighted by Crippen LogP contribution is 2.50. The van der Waals surface area contributed by atoms with Crippen molar-refractivity contribution in [2.24, 2.45) is 14.1 Å². The molecule has 0 aliphatic carbocycles. The highest BCUT2D eigenvalue weighted by Gasteiger charge is 2.47. The Bertz CT molecular complexity index is 1760. The maximum Gasteiger partial charge on any atom is 0.254 e. The Balaban J connectivity index is 1.81. The van der Waals surface area contributed by atoms with Crippen LogP contribution in [0.4, 0.5) is 5.82 Å². The fourth-order valence-electron chi connectivity index (χ4n) is 5.65. The van der Waals surface area contributed by atoms with E-state index >= 15 is 0 Å². The molecule has 2 aromatic heterocycles. The summed E-state index contributed by atoms with van der Waals surface area (Å²) in [5, 5.41) is 10.6. The van der Waals surface area contributed by atoms with E-state index in [2.05, 4.69) is 10.9 Å². The molecule has 0 N–H and O–H groups in total. The number of benzene rings is 4. The molecule has 6 rings (SSSR count). The van der Waals surface area contributed by atoms with Gasteiger partial charge in [0.2, 0.25) is 5.82 Å². The van der Waals surface area contributed by atoms with Crippen molar-refractivity contribution < 1.29 is 0 Å². The fourth-order valence-corrected chi connectivity index (χ4v) is 5.65. The summed E-state index contributed by atoms with van der Waals surface area (Å²) in [5.41, 5.74) is 3.81. The Labute approximate surface area is 239 Å². The van der Waals surface area contributed by atoms with E-state index in [1.54, 1.807) is 0 Å². The van der Waals surface area contributed by atoms with E-state index < -0.39 is 5.41 Å². The van der Waals surface area contributed by atoms with Crippen molar-refractivity contribution in [2.45, 2.75) is 5.41 Å². The van der Waals surface area contributed by atoms with Crippen molar-refractivity contribution in [2.75, 3.05) is 0 Å². The van der Waals surface area contributed by atoms with Gasteiger partial charge in [-0.05, 0) is 23.3 Å². The van der Waals surface area contributed by atoms with Crippen LogP contribution in [0.5, 0.6) is 0 Å². The standard InChI is InChI=1S/C35H26N6/c1-37-34-31(39-33(41(34)3)26-18-10-5-11-19-26)35(27-20-12-6-13-21-27,28-22-14-7-15-23-28)30-29(24-36)40(2)32(38-30)25-16-8-4-9-17-25/h4-23H,2-3H3. The summed E-state index contributed by atoms with van der Waals surface area (Å²) in [6.45, 7) is 8.32. The van der Waals surface area contributed by atoms with Crippen LogP contribution in [-0.2, 0) is 19.5 Å². The van der Waals surface area contributed by atoms with Gasteiger partial charge in [-0.3, -0.25) is 4.57 Å². The van der Waals surface area contributed by atoms with Gasteiger partial charge in [-0.15, -0.1) is 0 Å². The number of imidazole rings is 2. The maximum atomic E-state index is 10.6. The SMILES string of the molecule is [C-]#[N+]c1c(C(c2ccccc2)(c2ccccc2)c2nc(-c3ccccc3)n(C)c2C#N)nc(-c2ccccc2)n1C. The van der Waals surface area contributed by atoms with Crippen LogP contribution in [0.25, 0.3) is 27.6 Å². The van der Waals surface area contributed by atoms with E-state index in [4.69, 9.17) is 16.5 Å². The van der Waals surface area contributed by atoms with Crippen LogP contribution in [-0.4, -0.2) is 19.1 Å². The lowest BCUT2D eigenvalue weighted by Gasteiger charge is -2.33. The summed E-state index contributed by atoms with van der Waals surface area (Å²) in [6, 6.07) is 42.0. The van der Waals surface area contributed by atoms with Crippen molar-refractivity contribution in [3.63, 3.8) is 0 Å². The maximum absolute atomic E-state index is 10.6. The summed E-state index contributed by atoms with van der Waals surface area (Å²) in [4.78, 5) is 14.5. The molecule has 0 bridgehead atoms. The summed E-state index contributed by atoms with van der Waals surface area (Å²) >= 11 is 0. The van der Waals surface area contributed by atoms with Gasteiger partial charge in [-0.2, -0.15) is 5.26 Å². The molecule has 4 aromatic carbocycles. The molecular formula is C35H26N6. The molecule has 6 nitrogen and oxygen atoms in total. The van der Waals surface area contributed by atoms with Gasteiger partial charge in [-0.25, -0.2) is 9.97 Å². The van der Waals surface area contributed by atoms with Crippen molar-refractivity contribution >= 4 is 5.82 Å². The molecule has 0 amide bonds. The quantitative estimate of drug-likeness (QED) is 0.212. The van der Waals surface area contributed by atoms with Gasteiger partial charge >= 0.3 is 0 Å². The topological polar surface area (TPSA) is 63.8 Å². The second-order valence-corrected chi connectivity index (χ2v) is 9.80. The first-order chi connectivity index (χ1) is 20.1. The van der Waals surface area contributed by atoms with Crippen LogP contribution >= 0.6 is 0 Å². The molecule has 0 radical (unpaired) electrons. The molecule has 0 aliphatic heterocycles. The molecule has 41 heavy (non-hydrogen) atoms. The van der Waals surface area contributed by atoms with Crippen LogP contribution in [0.2, 0.25) is 0 Å². The highest BCUT2D eigenvalue weighted by molar-refractivity contribution is 5.71. The molecule has 6 aromatic rings. The highest BCUT2D eigenvalue weighted by atomic mass is 15.2. The zero-order valence-corrected chi connectivity index (χ0v) is 22.7. The predicted molar refractivity (Wildman–Crippen MR) is 160 cm³/mol. The number of nitriles is 1. The summed E-state index contributed by atoms with van der Waals surface area (Å²) < 4.78 is 3.68. The van der Waals surface area contributed by atoms with Crippen molar-refractivity contribution in [3.8, 4) is 28.8 Å². The molecule has 0 saturated carbocycles. The van der Waals surface area contributed by atoms with Crippen LogP contribution in [0.15, 0.2) is 121 Å². The normalized spacial score (nSPS) is 11.1. The minimum Gasteiger partial charge on any atom is -0.362 e. The largest absolute Gasteiger partial charge is 0.362 e. The monoisotopic (exact) mass is 530 g/mol. The second kappa shape index (κ2) is 10.4.